The second-order valence-electron chi connectivity index (χ2n) is 6.44. The van der Waals surface area contributed by atoms with Crippen molar-refractivity contribution in [3.63, 3.8) is 0 Å². The van der Waals surface area contributed by atoms with Crippen molar-refractivity contribution in [1.82, 2.24) is 5.32 Å². The highest BCUT2D eigenvalue weighted by Gasteiger charge is 2.16. The second kappa shape index (κ2) is 8.86. The average Bonchev–Trinajstić information content (AvgIpc) is 2.63. The fourth-order valence-corrected chi connectivity index (χ4v) is 2.74. The van der Waals surface area contributed by atoms with Crippen LogP contribution in [0.25, 0.3) is 0 Å². The van der Waals surface area contributed by atoms with Crippen LogP contribution in [0.2, 0.25) is 0 Å². The Morgan fingerprint density at radius 3 is 2.26 bits per heavy atom. The number of carbonyl (C=O) groups excluding carboxylic acids is 2. The van der Waals surface area contributed by atoms with Crippen molar-refractivity contribution in [2.24, 2.45) is 0 Å². The quantitative estimate of drug-likeness (QED) is 0.823. The lowest BCUT2D eigenvalue weighted by atomic mass is 10.1. The summed E-state index contributed by atoms with van der Waals surface area (Å²) in [4.78, 5) is 24.3. The molecule has 0 aliphatic rings. The number of nitrogens with zero attached hydrogens (tertiary/aromatic N) is 1. The van der Waals surface area contributed by atoms with Gasteiger partial charge in [0.2, 0.25) is 5.91 Å². The molecule has 2 rings (SSSR count). The minimum Gasteiger partial charge on any atom is -0.481 e. The van der Waals surface area contributed by atoms with E-state index in [0.717, 1.165) is 22.4 Å². The zero-order chi connectivity index (χ0) is 20.0. The van der Waals surface area contributed by atoms with E-state index >= 15 is 0 Å². The van der Waals surface area contributed by atoms with Crippen molar-refractivity contribution in [2.45, 2.75) is 33.8 Å². The van der Waals surface area contributed by atoms with Gasteiger partial charge in [0, 0.05) is 5.69 Å². The molecule has 0 spiro atoms. The molecule has 0 fully saturated rings. The van der Waals surface area contributed by atoms with Crippen LogP contribution in [0.5, 0.6) is 5.75 Å². The topological polar surface area (TPSA) is 91.2 Å². The zero-order valence-corrected chi connectivity index (χ0v) is 15.9. The average molecular weight is 365 g/mol. The molecule has 0 bridgehead atoms. The van der Waals surface area contributed by atoms with E-state index in [4.69, 9.17) is 10.00 Å². The lowest BCUT2D eigenvalue weighted by Crippen LogP contribution is -2.40. The van der Waals surface area contributed by atoms with Crippen LogP contribution in [0.3, 0.4) is 0 Å². The summed E-state index contributed by atoms with van der Waals surface area (Å²) < 4.78 is 5.52. The van der Waals surface area contributed by atoms with Crippen molar-refractivity contribution in [2.75, 3.05) is 11.9 Å². The van der Waals surface area contributed by atoms with Gasteiger partial charge in [0.05, 0.1) is 18.2 Å². The van der Waals surface area contributed by atoms with E-state index in [-0.39, 0.29) is 12.5 Å². The molecule has 27 heavy (non-hydrogen) atoms. The molecule has 6 nitrogen and oxygen atoms in total. The maximum atomic E-state index is 12.2. The van der Waals surface area contributed by atoms with Gasteiger partial charge in [0.15, 0.2) is 6.10 Å². The third-order valence-corrected chi connectivity index (χ3v) is 4.03. The van der Waals surface area contributed by atoms with Gasteiger partial charge in [-0.2, -0.15) is 5.26 Å². The third kappa shape index (κ3) is 5.58. The monoisotopic (exact) mass is 365 g/mol. The second-order valence-corrected chi connectivity index (χ2v) is 6.44. The van der Waals surface area contributed by atoms with Gasteiger partial charge in [-0.25, -0.2) is 0 Å². The molecule has 2 N–H and O–H groups in total. The molecule has 1 unspecified atom stereocenters. The molecule has 0 aliphatic heterocycles. The van der Waals surface area contributed by atoms with Gasteiger partial charge in [-0.3, -0.25) is 9.59 Å². The smallest absolute Gasteiger partial charge is 0.261 e. The zero-order valence-electron chi connectivity index (χ0n) is 15.9. The number of rotatable bonds is 6. The maximum absolute atomic E-state index is 12.2. The first kappa shape index (κ1) is 20.0. The summed E-state index contributed by atoms with van der Waals surface area (Å²) >= 11 is 0. The number of amides is 2. The van der Waals surface area contributed by atoms with Crippen molar-refractivity contribution in [3.05, 3.63) is 58.7 Å². The van der Waals surface area contributed by atoms with Crippen molar-refractivity contribution < 1.29 is 14.3 Å². The van der Waals surface area contributed by atoms with Gasteiger partial charge >= 0.3 is 0 Å². The van der Waals surface area contributed by atoms with Gasteiger partial charge in [-0.05, 0) is 63.1 Å². The van der Waals surface area contributed by atoms with E-state index < -0.39 is 12.0 Å². The summed E-state index contributed by atoms with van der Waals surface area (Å²) in [7, 11) is 0. The first-order valence-electron chi connectivity index (χ1n) is 8.62. The number of ether oxygens (including phenoxy) is 1. The Bertz CT molecular complexity index is 860. The van der Waals surface area contributed by atoms with E-state index in [0.29, 0.717) is 11.3 Å². The number of hydrogen-bond acceptors (Lipinski definition) is 4. The molecule has 0 radical (unpaired) electrons. The van der Waals surface area contributed by atoms with Crippen LogP contribution < -0.4 is 15.4 Å². The van der Waals surface area contributed by atoms with E-state index in [1.54, 1.807) is 31.2 Å². The Balaban J connectivity index is 1.87. The Labute approximate surface area is 159 Å². The minimum absolute atomic E-state index is 0.146. The molecule has 1 atom stereocenters. The van der Waals surface area contributed by atoms with Gasteiger partial charge in [-0.1, -0.05) is 17.7 Å². The Morgan fingerprint density at radius 2 is 1.70 bits per heavy atom. The summed E-state index contributed by atoms with van der Waals surface area (Å²) in [5.74, 6) is -0.220. The third-order valence-electron chi connectivity index (χ3n) is 4.03. The van der Waals surface area contributed by atoms with E-state index in [1.807, 2.05) is 39.0 Å². The van der Waals surface area contributed by atoms with Crippen LogP contribution in [0.1, 0.15) is 29.2 Å². The fourth-order valence-electron chi connectivity index (χ4n) is 2.74. The molecular weight excluding hydrogens is 342 g/mol. The summed E-state index contributed by atoms with van der Waals surface area (Å²) in [5.41, 5.74) is 4.36. The molecule has 0 aromatic heterocycles. The van der Waals surface area contributed by atoms with Crippen molar-refractivity contribution in [3.8, 4) is 11.8 Å². The molecular formula is C21H23N3O3. The largest absolute Gasteiger partial charge is 0.481 e. The number of hydrogen-bond donors (Lipinski definition) is 2. The summed E-state index contributed by atoms with van der Waals surface area (Å²) in [6.45, 7) is 7.32. The molecule has 0 heterocycles. The Kier molecular flexibility index (Phi) is 6.56. The summed E-state index contributed by atoms with van der Waals surface area (Å²) in [5, 5.41) is 14.2. The van der Waals surface area contributed by atoms with Crippen LogP contribution in [0.15, 0.2) is 36.4 Å². The number of benzene rings is 2. The highest BCUT2D eigenvalue weighted by molar-refractivity contribution is 5.96. The first-order chi connectivity index (χ1) is 12.8. The predicted molar refractivity (Wildman–Crippen MR) is 104 cm³/mol. The number of aryl methyl sites for hydroxylation is 3. The van der Waals surface area contributed by atoms with Gasteiger partial charge in [0.1, 0.15) is 5.75 Å². The van der Waals surface area contributed by atoms with E-state index in [9.17, 15) is 9.59 Å². The number of anilines is 1. The van der Waals surface area contributed by atoms with E-state index in [1.165, 1.54) is 0 Å². The standard InChI is InChI=1S/C21H23N3O3/c1-13-9-14(2)20(15(3)10-13)24-19(25)12-23-21(26)16(4)27-18-7-5-17(11-22)6-8-18/h5-10,16H,12H2,1-4H3,(H,23,26)(H,24,25). The first-order valence-corrected chi connectivity index (χ1v) is 8.62. The van der Waals surface area contributed by atoms with Crippen molar-refractivity contribution in [1.29, 1.82) is 5.26 Å². The fraction of sp³-hybridized carbons (Fsp3) is 0.286. The minimum atomic E-state index is -0.770. The van der Waals surface area contributed by atoms with Crippen molar-refractivity contribution >= 4 is 17.5 Å². The van der Waals surface area contributed by atoms with Crippen LogP contribution in [-0.4, -0.2) is 24.5 Å². The molecule has 6 heteroatoms. The Morgan fingerprint density at radius 1 is 1.11 bits per heavy atom. The summed E-state index contributed by atoms with van der Waals surface area (Å²) in [6.07, 6.45) is -0.770. The molecule has 2 aromatic carbocycles. The highest BCUT2D eigenvalue weighted by atomic mass is 16.5. The molecule has 0 aliphatic carbocycles. The maximum Gasteiger partial charge on any atom is 0.261 e. The SMILES string of the molecule is Cc1cc(C)c(NC(=O)CNC(=O)C(C)Oc2ccc(C#N)cc2)c(C)c1. The number of carbonyl (C=O) groups is 2. The predicted octanol–water partition coefficient (Wildman–Crippen LogP) is 3.01. The van der Waals surface area contributed by atoms with Crippen LogP contribution in [-0.2, 0) is 9.59 Å². The lowest BCUT2D eigenvalue weighted by molar-refractivity contribution is -0.129. The number of nitrogens with one attached hydrogen (secondary N) is 2. The lowest BCUT2D eigenvalue weighted by Gasteiger charge is -2.16. The Hall–Kier alpha value is -3.33. The molecule has 0 saturated heterocycles. The highest BCUT2D eigenvalue weighted by Crippen LogP contribution is 2.21. The normalized spacial score (nSPS) is 11.2. The summed E-state index contributed by atoms with van der Waals surface area (Å²) in [6, 6.07) is 12.5. The molecule has 2 amide bonds. The molecule has 2 aromatic rings. The molecule has 140 valence electrons. The van der Waals surface area contributed by atoms with Crippen LogP contribution in [0, 0.1) is 32.1 Å². The van der Waals surface area contributed by atoms with Gasteiger partial charge in [0.25, 0.3) is 5.91 Å². The van der Waals surface area contributed by atoms with E-state index in [2.05, 4.69) is 10.6 Å². The van der Waals surface area contributed by atoms with Gasteiger partial charge in [-0.15, -0.1) is 0 Å². The van der Waals surface area contributed by atoms with Crippen LogP contribution >= 0.6 is 0 Å². The number of nitriles is 1. The van der Waals surface area contributed by atoms with Crippen LogP contribution in [0.4, 0.5) is 5.69 Å². The van der Waals surface area contributed by atoms with Gasteiger partial charge < -0.3 is 15.4 Å². The molecule has 0 saturated carbocycles.